The molecule has 11 heteroatoms. The minimum atomic E-state index is -4.64. The molecule has 2 aromatic rings. The Hall–Kier alpha value is -2.43. The fraction of sp³-hybridized carbons (Fsp3) is 0.647. The maximum atomic E-state index is 13.0. The standard InChI is InChI=1S/C17H21F3N6O2/c1-16(28)6-9-25(10-16)14(27)11-4-7-24(8-5-11)13-3-2-12-21-22-15(17(18,19)20)26(12)23-13/h2-3,11,28H,4-10H2,1H3. The van der Waals surface area contributed by atoms with Gasteiger partial charge in [-0.3, -0.25) is 4.79 Å². The molecule has 4 heterocycles. The highest BCUT2D eigenvalue weighted by Crippen LogP contribution is 2.30. The summed E-state index contributed by atoms with van der Waals surface area (Å²) in [6.07, 6.45) is -2.89. The second-order valence-electron chi connectivity index (χ2n) is 7.75. The van der Waals surface area contributed by atoms with Crippen LogP contribution in [0.1, 0.15) is 32.0 Å². The second kappa shape index (κ2) is 6.57. The number of likely N-dealkylation sites (tertiary alicyclic amines) is 1. The molecule has 2 aromatic heterocycles. The van der Waals surface area contributed by atoms with E-state index in [2.05, 4.69) is 15.3 Å². The first-order valence-electron chi connectivity index (χ1n) is 9.20. The van der Waals surface area contributed by atoms with Crippen LogP contribution in [0.4, 0.5) is 19.0 Å². The van der Waals surface area contributed by atoms with Gasteiger partial charge >= 0.3 is 6.18 Å². The highest BCUT2D eigenvalue weighted by molar-refractivity contribution is 5.79. The van der Waals surface area contributed by atoms with Crippen LogP contribution in [0.5, 0.6) is 0 Å². The molecule has 4 rings (SSSR count). The summed E-state index contributed by atoms with van der Waals surface area (Å²) in [5.74, 6) is -0.864. The van der Waals surface area contributed by atoms with E-state index in [-0.39, 0.29) is 17.5 Å². The topological polar surface area (TPSA) is 86.9 Å². The van der Waals surface area contributed by atoms with Crippen LogP contribution >= 0.6 is 0 Å². The number of aliphatic hydroxyl groups is 1. The van der Waals surface area contributed by atoms with Crippen molar-refractivity contribution in [3.63, 3.8) is 0 Å². The SMILES string of the molecule is CC1(O)CCN(C(=O)C2CCN(c3ccc4nnc(C(F)(F)F)n4n3)CC2)C1. The first kappa shape index (κ1) is 18.9. The third kappa shape index (κ3) is 3.50. The van der Waals surface area contributed by atoms with Crippen molar-refractivity contribution in [2.75, 3.05) is 31.1 Å². The van der Waals surface area contributed by atoms with Crippen molar-refractivity contribution in [1.82, 2.24) is 24.7 Å². The zero-order valence-corrected chi connectivity index (χ0v) is 15.4. The van der Waals surface area contributed by atoms with Crippen molar-refractivity contribution in [1.29, 1.82) is 0 Å². The lowest BCUT2D eigenvalue weighted by atomic mass is 9.95. The van der Waals surface area contributed by atoms with Crippen LogP contribution in [0.25, 0.3) is 5.65 Å². The molecule has 2 aliphatic heterocycles. The Morgan fingerprint density at radius 3 is 2.54 bits per heavy atom. The molecule has 0 aromatic carbocycles. The first-order chi connectivity index (χ1) is 13.1. The fourth-order valence-electron chi connectivity index (χ4n) is 3.87. The molecule has 0 spiro atoms. The summed E-state index contributed by atoms with van der Waals surface area (Å²) in [5.41, 5.74) is -0.799. The van der Waals surface area contributed by atoms with Crippen LogP contribution in [0.3, 0.4) is 0 Å². The predicted molar refractivity (Wildman–Crippen MR) is 92.5 cm³/mol. The van der Waals surface area contributed by atoms with Gasteiger partial charge in [-0.05, 0) is 38.3 Å². The lowest BCUT2D eigenvalue weighted by Gasteiger charge is -2.34. The third-order valence-corrected chi connectivity index (χ3v) is 5.43. The molecule has 0 radical (unpaired) electrons. The van der Waals surface area contributed by atoms with Gasteiger partial charge < -0.3 is 14.9 Å². The fourth-order valence-corrected chi connectivity index (χ4v) is 3.87. The van der Waals surface area contributed by atoms with E-state index in [1.54, 1.807) is 17.9 Å². The molecule has 152 valence electrons. The third-order valence-electron chi connectivity index (χ3n) is 5.43. The Bertz CT molecular complexity index is 889. The maximum absolute atomic E-state index is 13.0. The van der Waals surface area contributed by atoms with E-state index in [1.165, 1.54) is 6.07 Å². The highest BCUT2D eigenvalue weighted by atomic mass is 19.4. The van der Waals surface area contributed by atoms with E-state index in [0.29, 0.717) is 55.8 Å². The number of nitrogens with zero attached hydrogens (tertiary/aromatic N) is 6. The average molecular weight is 398 g/mol. The van der Waals surface area contributed by atoms with Crippen LogP contribution in [-0.2, 0) is 11.0 Å². The molecule has 0 bridgehead atoms. The maximum Gasteiger partial charge on any atom is 0.453 e. The van der Waals surface area contributed by atoms with Crippen LogP contribution in [0.2, 0.25) is 0 Å². The van der Waals surface area contributed by atoms with E-state index < -0.39 is 17.6 Å². The lowest BCUT2D eigenvalue weighted by molar-refractivity contribution is -0.146. The molecular formula is C17H21F3N6O2. The number of fused-ring (bicyclic) bond motifs is 1. The number of piperidine rings is 1. The number of hydrogen-bond acceptors (Lipinski definition) is 6. The van der Waals surface area contributed by atoms with Crippen LogP contribution in [0.15, 0.2) is 12.1 Å². The number of anilines is 1. The number of alkyl halides is 3. The number of aromatic nitrogens is 4. The van der Waals surface area contributed by atoms with Crippen molar-refractivity contribution in [2.24, 2.45) is 5.92 Å². The van der Waals surface area contributed by atoms with Gasteiger partial charge in [0.1, 0.15) is 5.82 Å². The van der Waals surface area contributed by atoms with Gasteiger partial charge in [0.25, 0.3) is 5.82 Å². The lowest BCUT2D eigenvalue weighted by Crippen LogP contribution is -2.43. The van der Waals surface area contributed by atoms with Crippen molar-refractivity contribution >= 4 is 17.4 Å². The molecule has 1 atom stereocenters. The summed E-state index contributed by atoms with van der Waals surface area (Å²) < 4.78 is 39.8. The molecule has 2 fully saturated rings. The average Bonchev–Trinajstić information content (AvgIpc) is 3.23. The number of β-amino-alcohol motifs (C(OH)–C–C–N with tert-alkyl or cyclic N) is 1. The minimum Gasteiger partial charge on any atom is -0.388 e. The van der Waals surface area contributed by atoms with Gasteiger partial charge in [-0.15, -0.1) is 15.3 Å². The summed E-state index contributed by atoms with van der Waals surface area (Å²) in [6.45, 7) is 3.66. The molecule has 2 saturated heterocycles. The number of amides is 1. The van der Waals surface area contributed by atoms with Crippen molar-refractivity contribution < 1.29 is 23.1 Å². The summed E-state index contributed by atoms with van der Waals surface area (Å²) in [5, 5.41) is 20.8. The number of rotatable bonds is 2. The van der Waals surface area contributed by atoms with Crippen LogP contribution in [0, 0.1) is 5.92 Å². The summed E-state index contributed by atoms with van der Waals surface area (Å²) in [4.78, 5) is 16.2. The zero-order valence-electron chi connectivity index (χ0n) is 15.4. The van der Waals surface area contributed by atoms with Crippen LogP contribution < -0.4 is 4.90 Å². The molecule has 1 unspecified atom stereocenters. The monoisotopic (exact) mass is 398 g/mol. The van der Waals surface area contributed by atoms with Gasteiger partial charge in [-0.2, -0.15) is 17.7 Å². The van der Waals surface area contributed by atoms with Crippen molar-refractivity contribution in [3.05, 3.63) is 18.0 Å². The Balaban J connectivity index is 1.44. The molecule has 2 aliphatic rings. The quantitative estimate of drug-likeness (QED) is 0.822. The second-order valence-corrected chi connectivity index (χ2v) is 7.75. The van der Waals surface area contributed by atoms with E-state index in [0.717, 1.165) is 0 Å². The highest BCUT2D eigenvalue weighted by Gasteiger charge is 2.39. The Morgan fingerprint density at radius 1 is 1.21 bits per heavy atom. The molecular weight excluding hydrogens is 377 g/mol. The normalized spacial score (nSPS) is 24.3. The van der Waals surface area contributed by atoms with Gasteiger partial charge in [0.15, 0.2) is 5.65 Å². The Kier molecular flexibility index (Phi) is 4.44. The molecule has 1 N–H and O–H groups in total. The van der Waals surface area contributed by atoms with E-state index in [9.17, 15) is 23.1 Å². The predicted octanol–water partition coefficient (Wildman–Crippen LogP) is 1.34. The van der Waals surface area contributed by atoms with E-state index >= 15 is 0 Å². The molecule has 8 nitrogen and oxygen atoms in total. The largest absolute Gasteiger partial charge is 0.453 e. The number of hydrogen-bond donors (Lipinski definition) is 1. The van der Waals surface area contributed by atoms with Crippen molar-refractivity contribution in [2.45, 2.75) is 38.0 Å². The Labute approximate surface area is 158 Å². The van der Waals surface area contributed by atoms with Gasteiger partial charge in [0, 0.05) is 32.1 Å². The first-order valence-corrected chi connectivity index (χ1v) is 9.20. The molecule has 28 heavy (non-hydrogen) atoms. The molecule has 0 saturated carbocycles. The van der Waals surface area contributed by atoms with Gasteiger partial charge in [-0.1, -0.05) is 0 Å². The summed E-state index contributed by atoms with van der Waals surface area (Å²) in [7, 11) is 0. The van der Waals surface area contributed by atoms with Crippen molar-refractivity contribution in [3.8, 4) is 0 Å². The smallest absolute Gasteiger partial charge is 0.388 e. The number of carbonyl (C=O) groups is 1. The molecule has 0 aliphatic carbocycles. The number of halogens is 3. The number of carbonyl (C=O) groups excluding carboxylic acids is 1. The van der Waals surface area contributed by atoms with Gasteiger partial charge in [-0.25, -0.2) is 0 Å². The van der Waals surface area contributed by atoms with Crippen LogP contribution in [-0.4, -0.2) is 67.5 Å². The van der Waals surface area contributed by atoms with Gasteiger partial charge in [0.2, 0.25) is 5.91 Å². The summed E-state index contributed by atoms with van der Waals surface area (Å²) in [6, 6.07) is 3.07. The van der Waals surface area contributed by atoms with Gasteiger partial charge in [0.05, 0.1) is 5.60 Å². The minimum absolute atomic E-state index is 0.0298. The molecule has 1 amide bonds. The zero-order chi connectivity index (χ0) is 20.1. The van der Waals surface area contributed by atoms with E-state index in [4.69, 9.17) is 0 Å². The van der Waals surface area contributed by atoms with E-state index in [1.807, 2.05) is 4.90 Å². The summed E-state index contributed by atoms with van der Waals surface area (Å²) >= 11 is 0. The Morgan fingerprint density at radius 2 is 1.93 bits per heavy atom.